The zero-order chi connectivity index (χ0) is 19.5. The molecular formula is C16H20N4O5S. The monoisotopic (exact) mass is 380 g/mol. The highest BCUT2D eigenvalue weighted by molar-refractivity contribution is 7.89. The summed E-state index contributed by atoms with van der Waals surface area (Å²) in [6.07, 6.45) is 0. The number of carbonyl (C=O) groups is 2. The van der Waals surface area contributed by atoms with Gasteiger partial charge >= 0.3 is 0 Å². The Hall–Kier alpha value is -2.72. The van der Waals surface area contributed by atoms with Gasteiger partial charge in [-0.05, 0) is 45.0 Å². The second kappa shape index (κ2) is 7.67. The zero-order valence-corrected chi connectivity index (χ0v) is 15.6. The predicted molar refractivity (Wildman–Crippen MR) is 95.1 cm³/mol. The Balaban J connectivity index is 2.04. The van der Waals surface area contributed by atoms with Gasteiger partial charge < -0.3 is 15.2 Å². The number of aromatic nitrogens is 1. The van der Waals surface area contributed by atoms with Crippen molar-refractivity contribution in [3.63, 3.8) is 0 Å². The first-order valence-corrected chi connectivity index (χ1v) is 9.22. The van der Waals surface area contributed by atoms with Crippen LogP contribution in [-0.4, -0.2) is 31.4 Å². The summed E-state index contributed by atoms with van der Waals surface area (Å²) < 4.78 is 32.0. The molecule has 0 aliphatic heterocycles. The molecule has 3 N–H and O–H groups in total. The van der Waals surface area contributed by atoms with E-state index in [9.17, 15) is 18.0 Å². The minimum Gasteiger partial charge on any atom is -0.360 e. The maximum absolute atomic E-state index is 12.4. The standard InChI is InChI=1S/C16H20N4O5S/c1-9-15(11(3)25-19-9)26(23,24)20-10(2)16(22)18-14-7-5-13(6-8-14)17-12(4)21/h5-8,10,20H,1-4H3,(H,17,21)(H,18,22). The van der Waals surface area contributed by atoms with E-state index in [4.69, 9.17) is 4.52 Å². The van der Waals surface area contributed by atoms with E-state index in [1.807, 2.05) is 0 Å². The van der Waals surface area contributed by atoms with Gasteiger partial charge in [0.05, 0.1) is 6.04 Å². The van der Waals surface area contributed by atoms with Crippen LogP contribution in [0.4, 0.5) is 11.4 Å². The molecule has 2 aromatic rings. The lowest BCUT2D eigenvalue weighted by molar-refractivity contribution is -0.117. The van der Waals surface area contributed by atoms with Crippen molar-refractivity contribution in [2.45, 2.75) is 38.6 Å². The number of hydrogen-bond acceptors (Lipinski definition) is 6. The molecular weight excluding hydrogens is 360 g/mol. The average Bonchev–Trinajstić information content (AvgIpc) is 2.87. The molecule has 0 radical (unpaired) electrons. The summed E-state index contributed by atoms with van der Waals surface area (Å²) in [7, 11) is -3.95. The minimum absolute atomic E-state index is 0.0724. The zero-order valence-electron chi connectivity index (χ0n) is 14.8. The molecule has 0 fully saturated rings. The van der Waals surface area contributed by atoms with E-state index in [1.54, 1.807) is 24.3 Å². The van der Waals surface area contributed by atoms with Crippen LogP contribution in [0.2, 0.25) is 0 Å². The number of hydrogen-bond donors (Lipinski definition) is 3. The van der Waals surface area contributed by atoms with Crippen LogP contribution in [0.15, 0.2) is 33.7 Å². The molecule has 1 unspecified atom stereocenters. The first kappa shape index (κ1) is 19.6. The van der Waals surface area contributed by atoms with Crippen molar-refractivity contribution in [1.82, 2.24) is 9.88 Å². The Bertz CT molecular complexity index is 899. The number of rotatable bonds is 6. The van der Waals surface area contributed by atoms with Crippen molar-refractivity contribution >= 4 is 33.2 Å². The van der Waals surface area contributed by atoms with Crippen molar-refractivity contribution in [3.8, 4) is 0 Å². The first-order valence-electron chi connectivity index (χ1n) is 7.74. The molecule has 1 heterocycles. The average molecular weight is 380 g/mol. The number of nitrogens with zero attached hydrogens (tertiary/aromatic N) is 1. The van der Waals surface area contributed by atoms with E-state index in [2.05, 4.69) is 20.5 Å². The molecule has 1 aromatic heterocycles. The quantitative estimate of drug-likeness (QED) is 0.697. The summed E-state index contributed by atoms with van der Waals surface area (Å²) in [6, 6.07) is 5.41. The lowest BCUT2D eigenvalue weighted by Crippen LogP contribution is -2.41. The molecule has 1 aromatic carbocycles. The van der Waals surface area contributed by atoms with Crippen LogP contribution in [0.1, 0.15) is 25.3 Å². The van der Waals surface area contributed by atoms with Crippen LogP contribution in [-0.2, 0) is 19.6 Å². The van der Waals surface area contributed by atoms with Crippen LogP contribution >= 0.6 is 0 Å². The molecule has 9 nitrogen and oxygen atoms in total. The molecule has 140 valence electrons. The number of sulfonamides is 1. The van der Waals surface area contributed by atoms with Crippen LogP contribution < -0.4 is 15.4 Å². The molecule has 26 heavy (non-hydrogen) atoms. The smallest absolute Gasteiger partial charge is 0.246 e. The summed E-state index contributed by atoms with van der Waals surface area (Å²) in [5, 5.41) is 8.82. The summed E-state index contributed by atoms with van der Waals surface area (Å²) >= 11 is 0. The molecule has 1 atom stereocenters. The highest BCUT2D eigenvalue weighted by Crippen LogP contribution is 2.19. The maximum Gasteiger partial charge on any atom is 0.246 e. The summed E-state index contributed by atoms with van der Waals surface area (Å²) in [5.41, 5.74) is 1.27. The number of carbonyl (C=O) groups excluding carboxylic acids is 2. The highest BCUT2D eigenvalue weighted by atomic mass is 32.2. The second-order valence-corrected chi connectivity index (χ2v) is 7.39. The number of benzene rings is 1. The molecule has 2 rings (SSSR count). The fourth-order valence-corrected chi connectivity index (χ4v) is 3.83. The third-order valence-corrected chi connectivity index (χ3v) is 5.22. The molecule has 10 heteroatoms. The van der Waals surface area contributed by atoms with Crippen molar-refractivity contribution in [3.05, 3.63) is 35.7 Å². The normalized spacial score (nSPS) is 12.5. The molecule has 0 aliphatic rings. The number of anilines is 2. The Labute approximate surface area is 151 Å². The van der Waals surface area contributed by atoms with Gasteiger partial charge in [0.1, 0.15) is 10.6 Å². The predicted octanol–water partition coefficient (Wildman–Crippen LogP) is 1.56. The van der Waals surface area contributed by atoms with Gasteiger partial charge in [-0.3, -0.25) is 9.59 Å². The van der Waals surface area contributed by atoms with E-state index >= 15 is 0 Å². The molecule has 0 aliphatic carbocycles. The van der Waals surface area contributed by atoms with Gasteiger partial charge in [-0.25, -0.2) is 8.42 Å². The minimum atomic E-state index is -3.95. The topological polar surface area (TPSA) is 130 Å². The second-order valence-electron chi connectivity index (χ2n) is 5.74. The number of nitrogens with one attached hydrogen (secondary N) is 3. The molecule has 0 saturated carbocycles. The first-order chi connectivity index (χ1) is 12.1. The van der Waals surface area contributed by atoms with Crippen molar-refractivity contribution < 1.29 is 22.5 Å². The molecule has 2 amide bonds. The summed E-state index contributed by atoms with van der Waals surface area (Å²) in [6.45, 7) is 5.81. The number of amides is 2. The van der Waals surface area contributed by atoms with Crippen LogP contribution in [0.3, 0.4) is 0 Å². The van der Waals surface area contributed by atoms with E-state index in [1.165, 1.54) is 27.7 Å². The third kappa shape index (κ3) is 4.67. The van der Waals surface area contributed by atoms with Crippen LogP contribution in [0.25, 0.3) is 0 Å². The van der Waals surface area contributed by atoms with E-state index in [0.29, 0.717) is 11.4 Å². The lowest BCUT2D eigenvalue weighted by Gasteiger charge is -2.14. The summed E-state index contributed by atoms with van der Waals surface area (Å²) in [5.74, 6) is -0.590. The Morgan fingerprint density at radius 1 is 1.08 bits per heavy atom. The molecule has 0 spiro atoms. The van der Waals surface area contributed by atoms with Crippen molar-refractivity contribution in [1.29, 1.82) is 0 Å². The van der Waals surface area contributed by atoms with Gasteiger partial charge in [0.2, 0.25) is 21.8 Å². The molecule has 0 saturated heterocycles. The summed E-state index contributed by atoms with van der Waals surface area (Å²) in [4.78, 5) is 23.2. The van der Waals surface area contributed by atoms with Gasteiger partial charge in [0.25, 0.3) is 0 Å². The Morgan fingerprint density at radius 3 is 2.08 bits per heavy atom. The fourth-order valence-electron chi connectivity index (χ4n) is 2.29. The van der Waals surface area contributed by atoms with E-state index in [0.717, 1.165) is 0 Å². The van der Waals surface area contributed by atoms with Gasteiger partial charge in [-0.1, -0.05) is 5.16 Å². The van der Waals surface area contributed by atoms with Crippen LogP contribution in [0.5, 0.6) is 0 Å². The van der Waals surface area contributed by atoms with Crippen LogP contribution in [0, 0.1) is 13.8 Å². The van der Waals surface area contributed by atoms with Gasteiger partial charge in [-0.15, -0.1) is 0 Å². The van der Waals surface area contributed by atoms with E-state index < -0.39 is 22.0 Å². The Kier molecular flexibility index (Phi) is 5.78. The van der Waals surface area contributed by atoms with Gasteiger partial charge in [0, 0.05) is 18.3 Å². The van der Waals surface area contributed by atoms with E-state index in [-0.39, 0.29) is 22.3 Å². The molecule has 0 bridgehead atoms. The van der Waals surface area contributed by atoms with Crippen molar-refractivity contribution in [2.75, 3.05) is 10.6 Å². The highest BCUT2D eigenvalue weighted by Gasteiger charge is 2.28. The SMILES string of the molecule is CC(=O)Nc1ccc(NC(=O)C(C)NS(=O)(=O)c2c(C)noc2C)cc1. The fraction of sp³-hybridized carbons (Fsp3) is 0.312. The van der Waals surface area contributed by atoms with Crippen molar-refractivity contribution in [2.24, 2.45) is 0 Å². The maximum atomic E-state index is 12.4. The van der Waals surface area contributed by atoms with Gasteiger partial charge in [-0.2, -0.15) is 4.72 Å². The number of aryl methyl sites for hydroxylation is 2. The van der Waals surface area contributed by atoms with Gasteiger partial charge in [0.15, 0.2) is 5.76 Å². The third-order valence-electron chi connectivity index (χ3n) is 3.43. The lowest BCUT2D eigenvalue weighted by atomic mass is 10.2. The largest absolute Gasteiger partial charge is 0.360 e. The Morgan fingerprint density at radius 2 is 1.62 bits per heavy atom.